The second kappa shape index (κ2) is 6.49. The van der Waals surface area contributed by atoms with Crippen LogP contribution in [-0.2, 0) is 11.2 Å². The van der Waals surface area contributed by atoms with E-state index in [4.69, 9.17) is 5.73 Å². The molecular formula is C15H12BrFN2O2. The summed E-state index contributed by atoms with van der Waals surface area (Å²) in [6.45, 7) is 0. The van der Waals surface area contributed by atoms with E-state index in [-0.39, 0.29) is 10.9 Å². The Balaban J connectivity index is 2.23. The number of para-hydroxylation sites is 1. The van der Waals surface area contributed by atoms with E-state index >= 15 is 0 Å². The number of rotatable bonds is 4. The maximum Gasteiger partial charge on any atom is 0.255 e. The predicted octanol–water partition coefficient (Wildman–Crippen LogP) is 2.87. The van der Waals surface area contributed by atoms with E-state index in [0.29, 0.717) is 16.8 Å². The van der Waals surface area contributed by atoms with Crippen molar-refractivity contribution in [2.75, 3.05) is 5.32 Å². The molecule has 0 aliphatic carbocycles. The van der Waals surface area contributed by atoms with Gasteiger partial charge in [-0.3, -0.25) is 9.59 Å². The van der Waals surface area contributed by atoms with E-state index in [1.165, 1.54) is 18.2 Å². The highest BCUT2D eigenvalue weighted by Gasteiger charge is 2.11. The third-order valence-electron chi connectivity index (χ3n) is 2.81. The van der Waals surface area contributed by atoms with Crippen molar-refractivity contribution in [3.05, 3.63) is 63.9 Å². The van der Waals surface area contributed by atoms with Crippen molar-refractivity contribution in [2.45, 2.75) is 6.42 Å². The Labute approximate surface area is 129 Å². The standard InChI is InChI=1S/C15H12BrFN2O2/c16-11-7-10(5-6-12(11)17)15(21)19-13-4-2-1-3-9(13)8-14(18)20/h1-7H,8H2,(H2,18,20)(H,19,21). The minimum absolute atomic E-state index is 0.0313. The minimum atomic E-state index is -0.485. The molecule has 2 aromatic rings. The van der Waals surface area contributed by atoms with Gasteiger partial charge in [0.05, 0.1) is 10.9 Å². The van der Waals surface area contributed by atoms with Crippen LogP contribution in [0.25, 0.3) is 0 Å². The molecule has 0 heterocycles. The molecule has 0 fully saturated rings. The van der Waals surface area contributed by atoms with Crippen LogP contribution in [0.15, 0.2) is 46.9 Å². The number of carbonyl (C=O) groups is 2. The lowest BCUT2D eigenvalue weighted by molar-refractivity contribution is -0.117. The molecule has 21 heavy (non-hydrogen) atoms. The molecule has 0 radical (unpaired) electrons. The highest BCUT2D eigenvalue weighted by atomic mass is 79.9. The lowest BCUT2D eigenvalue weighted by atomic mass is 10.1. The second-order valence-electron chi connectivity index (χ2n) is 4.38. The van der Waals surface area contributed by atoms with Crippen LogP contribution in [-0.4, -0.2) is 11.8 Å². The highest BCUT2D eigenvalue weighted by molar-refractivity contribution is 9.10. The summed E-state index contributed by atoms with van der Waals surface area (Å²) in [5.41, 5.74) is 6.60. The normalized spacial score (nSPS) is 10.2. The number of nitrogens with two attached hydrogens (primary N) is 1. The van der Waals surface area contributed by atoms with E-state index in [1.54, 1.807) is 24.3 Å². The number of carbonyl (C=O) groups excluding carboxylic acids is 2. The number of amides is 2. The van der Waals surface area contributed by atoms with E-state index in [0.717, 1.165) is 0 Å². The van der Waals surface area contributed by atoms with Crippen molar-refractivity contribution in [3.8, 4) is 0 Å². The first-order valence-electron chi connectivity index (χ1n) is 6.10. The van der Waals surface area contributed by atoms with Crippen LogP contribution in [0.5, 0.6) is 0 Å². The van der Waals surface area contributed by atoms with Crippen molar-refractivity contribution in [3.63, 3.8) is 0 Å². The molecular weight excluding hydrogens is 339 g/mol. The number of hydrogen-bond donors (Lipinski definition) is 2. The molecule has 3 N–H and O–H groups in total. The summed E-state index contributed by atoms with van der Waals surface area (Å²) in [6, 6.07) is 10.8. The zero-order valence-corrected chi connectivity index (χ0v) is 12.5. The maximum absolute atomic E-state index is 13.2. The molecule has 0 aromatic heterocycles. The molecule has 0 atom stereocenters. The lowest BCUT2D eigenvalue weighted by Gasteiger charge is -2.10. The van der Waals surface area contributed by atoms with Crippen LogP contribution in [0.4, 0.5) is 10.1 Å². The average Bonchev–Trinajstić information content (AvgIpc) is 2.43. The van der Waals surface area contributed by atoms with Crippen molar-refractivity contribution in [1.82, 2.24) is 0 Å². The van der Waals surface area contributed by atoms with Gasteiger partial charge in [-0.15, -0.1) is 0 Å². The zero-order valence-electron chi connectivity index (χ0n) is 10.9. The average molecular weight is 351 g/mol. The van der Waals surface area contributed by atoms with Crippen LogP contribution in [0.2, 0.25) is 0 Å². The zero-order chi connectivity index (χ0) is 15.4. The van der Waals surface area contributed by atoms with Gasteiger partial charge in [0.15, 0.2) is 0 Å². The van der Waals surface area contributed by atoms with Gasteiger partial charge in [-0.25, -0.2) is 4.39 Å². The Morgan fingerprint density at radius 3 is 2.57 bits per heavy atom. The minimum Gasteiger partial charge on any atom is -0.369 e. The Bertz CT molecular complexity index is 704. The number of halogens is 2. The smallest absolute Gasteiger partial charge is 0.255 e. The van der Waals surface area contributed by atoms with Gasteiger partial charge in [0, 0.05) is 11.3 Å². The number of benzene rings is 2. The molecule has 0 aliphatic rings. The van der Waals surface area contributed by atoms with Gasteiger partial charge in [0.1, 0.15) is 5.82 Å². The topological polar surface area (TPSA) is 72.2 Å². The Kier molecular flexibility index (Phi) is 4.70. The molecule has 6 heteroatoms. The van der Waals surface area contributed by atoms with Gasteiger partial charge in [-0.05, 0) is 45.8 Å². The molecule has 108 valence electrons. The number of primary amides is 1. The van der Waals surface area contributed by atoms with Crippen LogP contribution in [0.1, 0.15) is 15.9 Å². The van der Waals surface area contributed by atoms with E-state index < -0.39 is 17.6 Å². The summed E-state index contributed by atoms with van der Waals surface area (Å²) in [5.74, 6) is -1.32. The third kappa shape index (κ3) is 3.88. The van der Waals surface area contributed by atoms with Crippen molar-refractivity contribution in [2.24, 2.45) is 5.73 Å². The SMILES string of the molecule is NC(=O)Cc1ccccc1NC(=O)c1ccc(F)c(Br)c1. The van der Waals surface area contributed by atoms with E-state index in [1.807, 2.05) is 0 Å². The second-order valence-corrected chi connectivity index (χ2v) is 5.24. The van der Waals surface area contributed by atoms with Gasteiger partial charge in [0.25, 0.3) is 5.91 Å². The van der Waals surface area contributed by atoms with Crippen LogP contribution in [0.3, 0.4) is 0 Å². The fourth-order valence-corrected chi connectivity index (χ4v) is 2.19. The van der Waals surface area contributed by atoms with Gasteiger partial charge >= 0.3 is 0 Å². The fourth-order valence-electron chi connectivity index (χ4n) is 1.82. The number of hydrogen-bond acceptors (Lipinski definition) is 2. The number of nitrogens with one attached hydrogen (secondary N) is 1. The first-order chi connectivity index (χ1) is 9.97. The van der Waals surface area contributed by atoms with Crippen LogP contribution < -0.4 is 11.1 Å². The molecule has 0 saturated carbocycles. The summed E-state index contributed by atoms with van der Waals surface area (Å²) in [7, 11) is 0. The molecule has 0 bridgehead atoms. The van der Waals surface area contributed by atoms with Gasteiger partial charge in [-0.1, -0.05) is 18.2 Å². The summed E-state index contributed by atoms with van der Waals surface area (Å²) in [5, 5.41) is 2.69. The van der Waals surface area contributed by atoms with E-state index in [2.05, 4.69) is 21.2 Å². The van der Waals surface area contributed by atoms with Crippen molar-refractivity contribution >= 4 is 33.4 Å². The monoisotopic (exact) mass is 350 g/mol. The summed E-state index contributed by atoms with van der Waals surface area (Å²) >= 11 is 3.03. The van der Waals surface area contributed by atoms with Gasteiger partial charge in [-0.2, -0.15) is 0 Å². The fraction of sp³-hybridized carbons (Fsp3) is 0.0667. The Morgan fingerprint density at radius 2 is 1.90 bits per heavy atom. The molecule has 4 nitrogen and oxygen atoms in total. The molecule has 0 saturated heterocycles. The first kappa shape index (κ1) is 15.2. The summed E-state index contributed by atoms with van der Waals surface area (Å²) < 4.78 is 13.4. The Morgan fingerprint density at radius 1 is 1.19 bits per heavy atom. The lowest BCUT2D eigenvalue weighted by Crippen LogP contribution is -2.17. The molecule has 2 aromatic carbocycles. The predicted molar refractivity (Wildman–Crippen MR) is 81.4 cm³/mol. The maximum atomic E-state index is 13.2. The molecule has 0 unspecified atom stereocenters. The third-order valence-corrected chi connectivity index (χ3v) is 3.42. The van der Waals surface area contributed by atoms with Crippen LogP contribution in [0, 0.1) is 5.82 Å². The summed E-state index contributed by atoms with van der Waals surface area (Å²) in [4.78, 5) is 23.2. The van der Waals surface area contributed by atoms with Gasteiger partial charge < -0.3 is 11.1 Å². The van der Waals surface area contributed by atoms with Crippen molar-refractivity contribution in [1.29, 1.82) is 0 Å². The molecule has 2 amide bonds. The first-order valence-corrected chi connectivity index (χ1v) is 6.89. The summed E-state index contributed by atoms with van der Waals surface area (Å²) in [6.07, 6.45) is 0.0313. The molecule has 0 spiro atoms. The molecule has 0 aliphatic heterocycles. The quantitative estimate of drug-likeness (QED) is 0.889. The van der Waals surface area contributed by atoms with Crippen LogP contribution >= 0.6 is 15.9 Å². The van der Waals surface area contributed by atoms with Gasteiger partial charge in [0.2, 0.25) is 5.91 Å². The largest absolute Gasteiger partial charge is 0.369 e. The molecule has 2 rings (SSSR count). The number of anilines is 1. The highest BCUT2D eigenvalue weighted by Crippen LogP contribution is 2.20. The van der Waals surface area contributed by atoms with E-state index in [9.17, 15) is 14.0 Å². The Hall–Kier alpha value is -2.21. The van der Waals surface area contributed by atoms with Crippen molar-refractivity contribution < 1.29 is 14.0 Å².